The monoisotopic (exact) mass is 320 g/mol. The van der Waals surface area contributed by atoms with Gasteiger partial charge in [0, 0.05) is 12.0 Å². The number of fused-ring (bicyclic) bond motifs is 1. The molecule has 0 spiro atoms. The van der Waals surface area contributed by atoms with Crippen molar-refractivity contribution in [3.05, 3.63) is 54.4 Å². The molecular weight excluding hydrogens is 300 g/mol. The zero-order valence-corrected chi connectivity index (χ0v) is 13.6. The number of Topliss-reactive ketones (excluding diaryl/α,β-unsaturated/α-hetero) is 1. The molecule has 0 radical (unpaired) electrons. The summed E-state index contributed by atoms with van der Waals surface area (Å²) in [4.78, 5) is 12.6. The van der Waals surface area contributed by atoms with E-state index in [0.29, 0.717) is 18.2 Å². The molecule has 4 rings (SSSR count). The van der Waals surface area contributed by atoms with E-state index >= 15 is 0 Å². The summed E-state index contributed by atoms with van der Waals surface area (Å²) in [7, 11) is 0. The number of nitrogens with zero attached hydrogens (tertiary/aromatic N) is 2. The summed E-state index contributed by atoms with van der Waals surface area (Å²) in [6.45, 7) is 3.59. The highest BCUT2D eigenvalue weighted by Crippen LogP contribution is 2.37. The second-order valence-corrected chi connectivity index (χ2v) is 6.33. The fourth-order valence-electron chi connectivity index (χ4n) is 3.70. The van der Waals surface area contributed by atoms with Crippen molar-refractivity contribution < 1.29 is 9.53 Å². The SMILES string of the molecule is C=COc1cccc(-c2nn(C3CCCC3)c3c2C(=O)CC=C3)c1. The van der Waals surface area contributed by atoms with E-state index in [2.05, 4.69) is 17.3 Å². The van der Waals surface area contributed by atoms with Gasteiger partial charge in [0.25, 0.3) is 0 Å². The Labute approximate surface area is 141 Å². The Kier molecular flexibility index (Phi) is 3.81. The van der Waals surface area contributed by atoms with Crippen molar-refractivity contribution >= 4 is 11.9 Å². The summed E-state index contributed by atoms with van der Waals surface area (Å²) in [5.41, 5.74) is 3.38. The Bertz CT molecular complexity index is 826. The molecule has 0 N–H and O–H groups in total. The maximum absolute atomic E-state index is 12.6. The zero-order valence-electron chi connectivity index (χ0n) is 13.6. The van der Waals surface area contributed by atoms with E-state index in [-0.39, 0.29) is 5.78 Å². The molecular formula is C20H20N2O2. The molecule has 1 saturated carbocycles. The van der Waals surface area contributed by atoms with Gasteiger partial charge >= 0.3 is 0 Å². The quantitative estimate of drug-likeness (QED) is 0.761. The number of ether oxygens (including phenoxy) is 1. The molecule has 0 atom stereocenters. The van der Waals surface area contributed by atoms with Crippen LogP contribution in [-0.4, -0.2) is 15.6 Å². The number of ketones is 1. The van der Waals surface area contributed by atoms with Crippen molar-refractivity contribution in [1.29, 1.82) is 0 Å². The maximum Gasteiger partial charge on any atom is 0.171 e. The van der Waals surface area contributed by atoms with Gasteiger partial charge < -0.3 is 4.74 Å². The van der Waals surface area contributed by atoms with Gasteiger partial charge in [0.15, 0.2) is 5.78 Å². The summed E-state index contributed by atoms with van der Waals surface area (Å²) in [5, 5.41) is 4.86. The number of hydrogen-bond acceptors (Lipinski definition) is 3. The van der Waals surface area contributed by atoms with Crippen LogP contribution in [-0.2, 0) is 0 Å². The molecule has 1 aromatic carbocycles. The van der Waals surface area contributed by atoms with Crippen LogP contribution in [0.3, 0.4) is 0 Å². The maximum atomic E-state index is 12.6. The molecule has 122 valence electrons. The number of rotatable bonds is 4. The second-order valence-electron chi connectivity index (χ2n) is 6.33. The third-order valence-corrected chi connectivity index (χ3v) is 4.80. The van der Waals surface area contributed by atoms with Crippen LogP contribution in [0.1, 0.15) is 54.2 Å². The van der Waals surface area contributed by atoms with Crippen LogP contribution in [0.5, 0.6) is 5.75 Å². The highest BCUT2D eigenvalue weighted by molar-refractivity contribution is 6.07. The number of carbonyl (C=O) groups is 1. The predicted molar refractivity (Wildman–Crippen MR) is 94.0 cm³/mol. The largest absolute Gasteiger partial charge is 0.466 e. The third-order valence-electron chi connectivity index (χ3n) is 4.80. The molecule has 2 aliphatic carbocycles. The molecule has 0 saturated heterocycles. The van der Waals surface area contributed by atoms with E-state index in [0.717, 1.165) is 35.4 Å². The lowest BCUT2D eigenvalue weighted by Gasteiger charge is -2.14. The van der Waals surface area contributed by atoms with Gasteiger partial charge in [-0.05, 0) is 31.1 Å². The molecule has 2 aliphatic rings. The van der Waals surface area contributed by atoms with E-state index in [1.54, 1.807) is 0 Å². The Morgan fingerprint density at radius 3 is 2.92 bits per heavy atom. The summed E-state index contributed by atoms with van der Waals surface area (Å²) in [6.07, 6.45) is 10.6. The smallest absolute Gasteiger partial charge is 0.171 e. The van der Waals surface area contributed by atoms with Gasteiger partial charge in [-0.25, -0.2) is 0 Å². The van der Waals surface area contributed by atoms with Crippen molar-refractivity contribution in [2.24, 2.45) is 0 Å². The number of benzene rings is 1. The van der Waals surface area contributed by atoms with Crippen LogP contribution in [0, 0.1) is 0 Å². The lowest BCUT2D eigenvalue weighted by atomic mass is 9.96. The van der Waals surface area contributed by atoms with E-state index in [1.807, 2.05) is 30.3 Å². The minimum absolute atomic E-state index is 0.141. The Balaban J connectivity index is 1.86. The first-order chi connectivity index (χ1) is 11.8. The van der Waals surface area contributed by atoms with Gasteiger partial charge in [-0.1, -0.05) is 37.6 Å². The first-order valence-corrected chi connectivity index (χ1v) is 8.48. The molecule has 1 heterocycles. The first-order valence-electron chi connectivity index (χ1n) is 8.48. The molecule has 0 bridgehead atoms. The van der Waals surface area contributed by atoms with Gasteiger partial charge in [0.05, 0.1) is 23.6 Å². The lowest BCUT2D eigenvalue weighted by Crippen LogP contribution is -2.11. The molecule has 1 fully saturated rings. The van der Waals surface area contributed by atoms with Crippen molar-refractivity contribution in [3.8, 4) is 17.0 Å². The fourth-order valence-corrected chi connectivity index (χ4v) is 3.70. The Hall–Kier alpha value is -2.62. The zero-order chi connectivity index (χ0) is 16.5. The first kappa shape index (κ1) is 14.9. The topological polar surface area (TPSA) is 44.1 Å². The van der Waals surface area contributed by atoms with Crippen LogP contribution < -0.4 is 4.74 Å². The summed E-state index contributed by atoms with van der Waals surface area (Å²) < 4.78 is 7.45. The van der Waals surface area contributed by atoms with Crippen molar-refractivity contribution in [2.45, 2.75) is 38.1 Å². The van der Waals surface area contributed by atoms with Crippen LogP contribution >= 0.6 is 0 Å². The minimum atomic E-state index is 0.141. The fraction of sp³-hybridized carbons (Fsp3) is 0.300. The molecule has 4 heteroatoms. The normalized spacial score (nSPS) is 17.1. The Morgan fingerprint density at radius 2 is 2.12 bits per heavy atom. The summed E-state index contributed by atoms with van der Waals surface area (Å²) in [5.74, 6) is 0.840. The lowest BCUT2D eigenvalue weighted by molar-refractivity contribution is 0.0995. The van der Waals surface area contributed by atoms with Crippen molar-refractivity contribution in [1.82, 2.24) is 9.78 Å². The number of hydrogen-bond donors (Lipinski definition) is 0. The Morgan fingerprint density at radius 1 is 1.29 bits per heavy atom. The van der Waals surface area contributed by atoms with Gasteiger partial charge in [0.2, 0.25) is 0 Å². The van der Waals surface area contributed by atoms with Gasteiger partial charge in [-0.15, -0.1) is 0 Å². The van der Waals surface area contributed by atoms with Crippen LogP contribution in [0.4, 0.5) is 0 Å². The summed E-state index contributed by atoms with van der Waals surface area (Å²) >= 11 is 0. The number of aromatic nitrogens is 2. The van der Waals surface area contributed by atoms with Gasteiger partial charge in [0.1, 0.15) is 11.4 Å². The molecule has 4 nitrogen and oxygen atoms in total. The predicted octanol–water partition coefficient (Wildman–Crippen LogP) is 4.79. The van der Waals surface area contributed by atoms with Gasteiger partial charge in [-0.3, -0.25) is 9.48 Å². The third kappa shape index (κ3) is 2.48. The van der Waals surface area contributed by atoms with Crippen molar-refractivity contribution in [2.75, 3.05) is 0 Å². The molecule has 0 amide bonds. The molecule has 0 aliphatic heterocycles. The second kappa shape index (κ2) is 6.11. The molecule has 0 unspecified atom stereocenters. The standard InChI is InChI=1S/C20H20N2O2/c1-2-24-16-10-5-7-14(13-16)20-19-17(11-6-12-18(19)23)22(21-20)15-8-3-4-9-15/h2,5-7,10-11,13,15H,1,3-4,8-9,12H2. The van der Waals surface area contributed by atoms with Crippen molar-refractivity contribution in [3.63, 3.8) is 0 Å². The molecule has 2 aromatic rings. The number of carbonyl (C=O) groups excluding carboxylic acids is 1. The van der Waals surface area contributed by atoms with Crippen LogP contribution in [0.2, 0.25) is 0 Å². The van der Waals surface area contributed by atoms with E-state index in [1.165, 1.54) is 19.1 Å². The van der Waals surface area contributed by atoms with Crippen LogP contribution in [0.15, 0.2) is 43.2 Å². The summed E-state index contributed by atoms with van der Waals surface area (Å²) in [6, 6.07) is 8.07. The highest BCUT2D eigenvalue weighted by Gasteiger charge is 2.29. The number of allylic oxidation sites excluding steroid dienone is 1. The molecule has 1 aromatic heterocycles. The highest BCUT2D eigenvalue weighted by atomic mass is 16.5. The van der Waals surface area contributed by atoms with E-state index in [4.69, 9.17) is 9.84 Å². The average Bonchev–Trinajstić information content (AvgIpc) is 3.23. The van der Waals surface area contributed by atoms with E-state index < -0.39 is 0 Å². The van der Waals surface area contributed by atoms with Gasteiger partial charge in [-0.2, -0.15) is 5.10 Å². The average molecular weight is 320 g/mol. The van der Waals surface area contributed by atoms with Crippen LogP contribution in [0.25, 0.3) is 17.3 Å². The van der Waals surface area contributed by atoms with E-state index in [9.17, 15) is 4.79 Å². The minimum Gasteiger partial charge on any atom is -0.466 e. The molecule has 24 heavy (non-hydrogen) atoms.